The lowest BCUT2D eigenvalue weighted by Gasteiger charge is -2.16. The third kappa shape index (κ3) is 3.91. The standard InChI is InChI=1S/C13H15ClN4OS/c1-3-11(15-10-6-4-9(14)5-7-10)12(19)16-13-18-17-8(2)20-13/h4-7,11,15H,3H2,1-2H3,(H,16,18,19)/t11-/m0/s1. The van der Waals surface area contributed by atoms with Gasteiger partial charge in [-0.3, -0.25) is 10.1 Å². The first-order valence-corrected chi connectivity index (χ1v) is 7.41. The molecule has 20 heavy (non-hydrogen) atoms. The molecule has 0 bridgehead atoms. The summed E-state index contributed by atoms with van der Waals surface area (Å²) >= 11 is 7.19. The van der Waals surface area contributed by atoms with E-state index in [1.807, 2.05) is 26.0 Å². The fourth-order valence-electron chi connectivity index (χ4n) is 1.64. The van der Waals surface area contributed by atoms with Crippen LogP contribution in [0.15, 0.2) is 24.3 Å². The summed E-state index contributed by atoms with van der Waals surface area (Å²) in [5.74, 6) is -0.126. The molecule has 0 fully saturated rings. The van der Waals surface area contributed by atoms with E-state index in [9.17, 15) is 4.79 Å². The molecule has 0 radical (unpaired) electrons. The number of carbonyl (C=O) groups excluding carboxylic acids is 1. The van der Waals surface area contributed by atoms with Crippen molar-refractivity contribution in [2.45, 2.75) is 26.3 Å². The first-order chi connectivity index (χ1) is 9.58. The third-order valence-electron chi connectivity index (χ3n) is 2.67. The van der Waals surface area contributed by atoms with Gasteiger partial charge < -0.3 is 5.32 Å². The Kier molecular flexibility index (Phi) is 4.92. The number of rotatable bonds is 5. The fraction of sp³-hybridized carbons (Fsp3) is 0.308. The average Bonchev–Trinajstić information content (AvgIpc) is 2.83. The number of halogens is 1. The van der Waals surface area contributed by atoms with Gasteiger partial charge in [-0.05, 0) is 37.6 Å². The summed E-state index contributed by atoms with van der Waals surface area (Å²) in [6.07, 6.45) is 0.659. The lowest BCUT2D eigenvalue weighted by Crippen LogP contribution is -2.34. The Balaban J connectivity index is 2.00. The minimum absolute atomic E-state index is 0.126. The van der Waals surface area contributed by atoms with Gasteiger partial charge in [0.15, 0.2) is 0 Å². The van der Waals surface area contributed by atoms with Crippen molar-refractivity contribution in [2.75, 3.05) is 10.6 Å². The summed E-state index contributed by atoms with van der Waals surface area (Å²) in [4.78, 5) is 12.2. The largest absolute Gasteiger partial charge is 0.374 e. The van der Waals surface area contributed by atoms with Gasteiger partial charge in [-0.1, -0.05) is 29.9 Å². The van der Waals surface area contributed by atoms with E-state index < -0.39 is 0 Å². The Morgan fingerprint density at radius 3 is 2.60 bits per heavy atom. The van der Waals surface area contributed by atoms with E-state index >= 15 is 0 Å². The van der Waals surface area contributed by atoms with Gasteiger partial charge in [0.1, 0.15) is 11.0 Å². The molecule has 1 atom stereocenters. The maximum absolute atomic E-state index is 12.2. The van der Waals surface area contributed by atoms with E-state index in [4.69, 9.17) is 11.6 Å². The van der Waals surface area contributed by atoms with E-state index in [2.05, 4.69) is 20.8 Å². The second-order valence-electron chi connectivity index (χ2n) is 4.23. The van der Waals surface area contributed by atoms with Crippen molar-refractivity contribution in [3.63, 3.8) is 0 Å². The molecule has 7 heteroatoms. The van der Waals surface area contributed by atoms with Crippen LogP contribution in [0.25, 0.3) is 0 Å². The fourth-order valence-corrected chi connectivity index (χ4v) is 2.36. The second kappa shape index (κ2) is 6.67. The molecule has 1 aromatic heterocycles. The van der Waals surface area contributed by atoms with Crippen molar-refractivity contribution in [3.05, 3.63) is 34.3 Å². The molecular formula is C13H15ClN4OS. The second-order valence-corrected chi connectivity index (χ2v) is 5.85. The van der Waals surface area contributed by atoms with Crippen LogP contribution in [-0.4, -0.2) is 22.1 Å². The number of aryl methyl sites for hydroxylation is 1. The first-order valence-electron chi connectivity index (χ1n) is 6.21. The van der Waals surface area contributed by atoms with Crippen molar-refractivity contribution >= 4 is 39.7 Å². The van der Waals surface area contributed by atoms with E-state index in [0.29, 0.717) is 16.6 Å². The molecule has 0 spiro atoms. The summed E-state index contributed by atoms with van der Waals surface area (Å²) in [5, 5.41) is 15.7. The van der Waals surface area contributed by atoms with Crippen LogP contribution in [0.2, 0.25) is 5.02 Å². The minimum Gasteiger partial charge on any atom is -0.374 e. The Morgan fingerprint density at radius 1 is 1.35 bits per heavy atom. The smallest absolute Gasteiger partial charge is 0.248 e. The highest BCUT2D eigenvalue weighted by Gasteiger charge is 2.17. The first kappa shape index (κ1) is 14.7. The van der Waals surface area contributed by atoms with Gasteiger partial charge in [0.2, 0.25) is 11.0 Å². The molecule has 1 heterocycles. The zero-order valence-electron chi connectivity index (χ0n) is 11.2. The van der Waals surface area contributed by atoms with Gasteiger partial charge in [-0.25, -0.2) is 0 Å². The number of nitrogens with zero attached hydrogens (tertiary/aromatic N) is 2. The highest BCUT2D eigenvalue weighted by molar-refractivity contribution is 7.15. The number of hydrogen-bond donors (Lipinski definition) is 2. The highest BCUT2D eigenvalue weighted by Crippen LogP contribution is 2.17. The molecule has 106 valence electrons. The summed E-state index contributed by atoms with van der Waals surface area (Å²) in [6.45, 7) is 3.79. The number of carbonyl (C=O) groups is 1. The van der Waals surface area contributed by atoms with Crippen LogP contribution in [0.1, 0.15) is 18.4 Å². The van der Waals surface area contributed by atoms with Crippen molar-refractivity contribution in [3.8, 4) is 0 Å². The number of aromatic nitrogens is 2. The van der Waals surface area contributed by atoms with Gasteiger partial charge in [0.25, 0.3) is 0 Å². The molecule has 0 unspecified atom stereocenters. The maximum atomic E-state index is 12.2. The predicted octanol–water partition coefficient (Wildman–Crippen LogP) is 3.33. The zero-order chi connectivity index (χ0) is 14.5. The van der Waals surface area contributed by atoms with Crippen LogP contribution in [0.5, 0.6) is 0 Å². The van der Waals surface area contributed by atoms with Gasteiger partial charge in [0, 0.05) is 10.7 Å². The van der Waals surface area contributed by atoms with Crippen molar-refractivity contribution in [1.82, 2.24) is 10.2 Å². The van der Waals surface area contributed by atoms with Gasteiger partial charge in [-0.2, -0.15) is 0 Å². The van der Waals surface area contributed by atoms with Crippen LogP contribution >= 0.6 is 22.9 Å². The molecular weight excluding hydrogens is 296 g/mol. The lowest BCUT2D eigenvalue weighted by atomic mass is 10.2. The Hall–Kier alpha value is -1.66. The molecule has 0 aliphatic carbocycles. The molecule has 0 saturated heterocycles. The minimum atomic E-state index is -0.333. The van der Waals surface area contributed by atoms with E-state index in [-0.39, 0.29) is 11.9 Å². The number of nitrogens with one attached hydrogen (secondary N) is 2. The van der Waals surface area contributed by atoms with E-state index in [1.165, 1.54) is 11.3 Å². The van der Waals surface area contributed by atoms with Crippen LogP contribution in [0.4, 0.5) is 10.8 Å². The Bertz CT molecular complexity index is 584. The normalized spacial score (nSPS) is 11.9. The Morgan fingerprint density at radius 2 is 2.05 bits per heavy atom. The molecule has 2 aromatic rings. The van der Waals surface area contributed by atoms with Crippen LogP contribution in [0.3, 0.4) is 0 Å². The predicted molar refractivity (Wildman–Crippen MR) is 82.4 cm³/mol. The molecule has 1 amide bonds. The summed E-state index contributed by atoms with van der Waals surface area (Å²) in [7, 11) is 0. The summed E-state index contributed by atoms with van der Waals surface area (Å²) in [6, 6.07) is 6.91. The van der Waals surface area contributed by atoms with Crippen LogP contribution in [0, 0.1) is 6.92 Å². The topological polar surface area (TPSA) is 66.9 Å². The van der Waals surface area contributed by atoms with Crippen molar-refractivity contribution in [1.29, 1.82) is 0 Å². The van der Waals surface area contributed by atoms with Crippen molar-refractivity contribution < 1.29 is 4.79 Å². The van der Waals surface area contributed by atoms with Crippen molar-refractivity contribution in [2.24, 2.45) is 0 Å². The number of anilines is 2. The van der Waals surface area contributed by atoms with E-state index in [1.54, 1.807) is 12.1 Å². The third-order valence-corrected chi connectivity index (χ3v) is 3.67. The van der Waals surface area contributed by atoms with E-state index in [0.717, 1.165) is 10.7 Å². The van der Waals surface area contributed by atoms with Gasteiger partial charge in [0.05, 0.1) is 0 Å². The quantitative estimate of drug-likeness (QED) is 0.889. The average molecular weight is 311 g/mol. The monoisotopic (exact) mass is 310 g/mol. The highest BCUT2D eigenvalue weighted by atomic mass is 35.5. The molecule has 2 rings (SSSR count). The van der Waals surface area contributed by atoms with Gasteiger partial charge >= 0.3 is 0 Å². The summed E-state index contributed by atoms with van der Waals surface area (Å²) in [5.41, 5.74) is 0.852. The zero-order valence-corrected chi connectivity index (χ0v) is 12.8. The Labute approximate surface area is 126 Å². The number of benzene rings is 1. The molecule has 0 aliphatic heterocycles. The number of hydrogen-bond acceptors (Lipinski definition) is 5. The molecule has 0 saturated carbocycles. The lowest BCUT2D eigenvalue weighted by molar-refractivity contribution is -0.117. The van der Waals surface area contributed by atoms with Gasteiger partial charge in [-0.15, -0.1) is 10.2 Å². The maximum Gasteiger partial charge on any atom is 0.248 e. The van der Waals surface area contributed by atoms with Crippen LogP contribution in [-0.2, 0) is 4.79 Å². The molecule has 2 N–H and O–H groups in total. The summed E-state index contributed by atoms with van der Waals surface area (Å²) < 4.78 is 0. The number of amides is 1. The molecule has 5 nitrogen and oxygen atoms in total. The van der Waals surface area contributed by atoms with Crippen LogP contribution < -0.4 is 10.6 Å². The SMILES string of the molecule is CC[C@H](Nc1ccc(Cl)cc1)C(=O)Nc1nnc(C)s1. The molecule has 0 aliphatic rings. The molecule has 1 aromatic carbocycles.